The van der Waals surface area contributed by atoms with E-state index in [0.29, 0.717) is 24.0 Å². The second-order valence-corrected chi connectivity index (χ2v) is 7.12. The number of hydrogen-bond acceptors (Lipinski definition) is 4. The van der Waals surface area contributed by atoms with Gasteiger partial charge in [-0.05, 0) is 18.4 Å². The number of pyridine rings is 1. The summed E-state index contributed by atoms with van der Waals surface area (Å²) >= 11 is 0. The smallest absolute Gasteiger partial charge is 0.650 e. The molecule has 0 N–H and O–H groups in total. The summed E-state index contributed by atoms with van der Waals surface area (Å²) in [5.74, 6) is 1.10. The maximum Gasteiger partial charge on any atom is 1.00 e. The molecule has 3 aromatic rings. The molecule has 0 aliphatic carbocycles. The molecule has 0 aliphatic rings. The van der Waals surface area contributed by atoms with Gasteiger partial charge in [0.1, 0.15) is 5.75 Å². The largest absolute Gasteiger partial charge is 1.00 e. The average Bonchev–Trinajstić information content (AvgIpc) is 3.06. The van der Waals surface area contributed by atoms with Crippen LogP contribution >= 0.6 is 0 Å². The van der Waals surface area contributed by atoms with Crippen molar-refractivity contribution >= 4 is 21.7 Å². The average molecular weight is 380 g/mol. The maximum absolute atomic E-state index is 12.7. The SMILES string of the molecule is COCCCOc1ccnc(CS(=O)c2cc3ccccc3[n-]2)c1C.[Na+]. The van der Waals surface area contributed by atoms with Gasteiger partial charge in [-0.2, -0.15) is 0 Å². The molecule has 1 atom stereocenters. The minimum absolute atomic E-state index is 0. The van der Waals surface area contributed by atoms with Crippen LogP contribution in [0, 0.1) is 6.92 Å². The van der Waals surface area contributed by atoms with E-state index >= 15 is 0 Å². The predicted octanol–water partition coefficient (Wildman–Crippen LogP) is 0.228. The van der Waals surface area contributed by atoms with E-state index in [1.165, 1.54) is 0 Å². The Bertz CT molecular complexity index is 849. The molecule has 132 valence electrons. The monoisotopic (exact) mass is 380 g/mol. The van der Waals surface area contributed by atoms with Crippen LogP contribution in [-0.4, -0.2) is 29.5 Å². The second-order valence-electron chi connectivity index (χ2n) is 5.72. The number of methoxy groups -OCH3 is 1. The van der Waals surface area contributed by atoms with Crippen molar-refractivity contribution in [2.75, 3.05) is 20.3 Å². The van der Waals surface area contributed by atoms with Crippen LogP contribution in [0.1, 0.15) is 17.7 Å². The summed E-state index contributed by atoms with van der Waals surface area (Å²) in [6.07, 6.45) is 2.52. The first-order valence-corrected chi connectivity index (χ1v) is 9.48. The molecule has 7 heteroatoms. The molecular weight excluding hydrogens is 359 g/mol. The van der Waals surface area contributed by atoms with Crippen molar-refractivity contribution < 1.29 is 43.2 Å². The summed E-state index contributed by atoms with van der Waals surface area (Å²) < 4.78 is 23.5. The summed E-state index contributed by atoms with van der Waals surface area (Å²) in [6.45, 7) is 3.19. The fraction of sp³-hybridized carbons (Fsp3) is 0.316. The van der Waals surface area contributed by atoms with Crippen molar-refractivity contribution in [3.8, 4) is 5.75 Å². The summed E-state index contributed by atoms with van der Waals surface area (Å²) in [7, 11) is 0.429. The van der Waals surface area contributed by atoms with Gasteiger partial charge in [0, 0.05) is 42.7 Å². The number of ether oxygens (including phenoxy) is 2. The zero-order valence-electron chi connectivity index (χ0n) is 15.4. The number of hydrogen-bond donors (Lipinski definition) is 0. The third-order valence-electron chi connectivity index (χ3n) is 3.96. The van der Waals surface area contributed by atoms with E-state index in [4.69, 9.17) is 9.47 Å². The summed E-state index contributed by atoms with van der Waals surface area (Å²) in [6, 6.07) is 11.5. The number of fused-ring (bicyclic) bond motifs is 1. The van der Waals surface area contributed by atoms with Crippen LogP contribution in [0.4, 0.5) is 0 Å². The van der Waals surface area contributed by atoms with E-state index in [9.17, 15) is 4.21 Å². The fourth-order valence-corrected chi connectivity index (χ4v) is 3.70. The quantitative estimate of drug-likeness (QED) is 0.414. The molecule has 0 bridgehead atoms. The topological polar surface area (TPSA) is 62.5 Å². The zero-order chi connectivity index (χ0) is 17.6. The van der Waals surface area contributed by atoms with Crippen molar-refractivity contribution in [1.82, 2.24) is 9.97 Å². The maximum atomic E-state index is 12.7. The van der Waals surface area contributed by atoms with E-state index in [2.05, 4.69) is 9.97 Å². The molecule has 0 spiro atoms. The predicted molar refractivity (Wildman–Crippen MR) is 98.3 cm³/mol. The molecule has 0 saturated heterocycles. The van der Waals surface area contributed by atoms with E-state index < -0.39 is 10.8 Å². The zero-order valence-corrected chi connectivity index (χ0v) is 18.2. The number of aromatic nitrogens is 2. The van der Waals surface area contributed by atoms with Gasteiger partial charge < -0.3 is 14.5 Å². The molecule has 1 unspecified atom stereocenters. The van der Waals surface area contributed by atoms with Crippen molar-refractivity contribution in [3.05, 3.63) is 53.9 Å². The van der Waals surface area contributed by atoms with Crippen molar-refractivity contribution in [3.63, 3.8) is 0 Å². The van der Waals surface area contributed by atoms with Gasteiger partial charge in [-0.1, -0.05) is 35.4 Å². The van der Waals surface area contributed by atoms with Crippen LogP contribution in [0.2, 0.25) is 0 Å². The Morgan fingerprint density at radius 3 is 2.77 bits per heavy atom. The number of nitrogens with zero attached hydrogens (tertiary/aromatic N) is 2. The Morgan fingerprint density at radius 1 is 1.19 bits per heavy atom. The molecule has 0 saturated carbocycles. The van der Waals surface area contributed by atoms with E-state index in [0.717, 1.165) is 34.3 Å². The summed E-state index contributed by atoms with van der Waals surface area (Å²) in [5.41, 5.74) is 2.56. The molecular formula is C19H21N2NaO3S. The van der Waals surface area contributed by atoms with Crippen LogP contribution in [-0.2, 0) is 21.3 Å². The standard InChI is InChI=1S/C19H21N2O3S.Na/c1-14-17(20-9-8-18(14)24-11-5-10-23-2)13-25(22)19-12-15-6-3-4-7-16(15)21-19;/h3-4,6-9,12H,5,10-11,13H2,1-2H3;/q-1;+1. The van der Waals surface area contributed by atoms with Crippen LogP contribution in [0.3, 0.4) is 0 Å². The van der Waals surface area contributed by atoms with E-state index in [-0.39, 0.29) is 29.6 Å². The van der Waals surface area contributed by atoms with Crippen LogP contribution < -0.4 is 39.3 Å². The van der Waals surface area contributed by atoms with Gasteiger partial charge >= 0.3 is 29.6 Å². The van der Waals surface area contributed by atoms with Gasteiger partial charge in [-0.15, -0.1) is 5.52 Å². The first kappa shape index (κ1) is 21.1. The molecule has 0 aliphatic heterocycles. The molecule has 26 heavy (non-hydrogen) atoms. The minimum atomic E-state index is -1.24. The molecule has 0 radical (unpaired) electrons. The Morgan fingerprint density at radius 2 is 2.00 bits per heavy atom. The normalized spacial score (nSPS) is 11.9. The third kappa shape index (κ3) is 5.18. The van der Waals surface area contributed by atoms with Gasteiger partial charge in [0.05, 0.1) is 18.1 Å². The Labute approximate surface area is 178 Å². The van der Waals surface area contributed by atoms with Gasteiger partial charge in [0.2, 0.25) is 0 Å². The molecule has 0 fully saturated rings. The third-order valence-corrected chi connectivity index (χ3v) is 5.17. The van der Waals surface area contributed by atoms with Gasteiger partial charge in [0.25, 0.3) is 0 Å². The molecule has 3 rings (SSSR count). The summed E-state index contributed by atoms with van der Waals surface area (Å²) in [4.78, 5) is 8.84. The van der Waals surface area contributed by atoms with Crippen molar-refractivity contribution in [2.45, 2.75) is 24.1 Å². The van der Waals surface area contributed by atoms with Gasteiger partial charge in [-0.3, -0.25) is 9.19 Å². The molecule has 2 aromatic heterocycles. The Kier molecular flexibility index (Phi) is 8.31. The molecule has 5 nitrogen and oxygen atoms in total. The molecule has 1 aromatic carbocycles. The second kappa shape index (κ2) is 10.2. The number of para-hydroxylation sites is 1. The van der Waals surface area contributed by atoms with Crippen LogP contribution in [0.5, 0.6) is 5.75 Å². The Balaban J connectivity index is 0.00000243. The number of rotatable bonds is 8. The van der Waals surface area contributed by atoms with Gasteiger partial charge in [-0.25, -0.2) is 0 Å². The van der Waals surface area contributed by atoms with Crippen molar-refractivity contribution in [2.24, 2.45) is 0 Å². The first-order valence-electron chi connectivity index (χ1n) is 8.16. The minimum Gasteiger partial charge on any atom is -0.650 e. The number of benzene rings is 1. The van der Waals surface area contributed by atoms with E-state index in [1.807, 2.05) is 43.3 Å². The van der Waals surface area contributed by atoms with Crippen LogP contribution in [0.25, 0.3) is 10.9 Å². The van der Waals surface area contributed by atoms with Crippen molar-refractivity contribution in [1.29, 1.82) is 0 Å². The van der Waals surface area contributed by atoms with E-state index in [1.54, 1.807) is 13.3 Å². The first-order chi connectivity index (χ1) is 12.2. The molecule has 0 amide bonds. The summed E-state index contributed by atoms with van der Waals surface area (Å²) in [5, 5.41) is 1.60. The van der Waals surface area contributed by atoms with Crippen LogP contribution in [0.15, 0.2) is 47.6 Å². The Hall–Kier alpha value is -1.18. The fourth-order valence-electron chi connectivity index (χ4n) is 2.56. The van der Waals surface area contributed by atoms with Gasteiger partial charge in [0.15, 0.2) is 0 Å². The molecule has 2 heterocycles.